The summed E-state index contributed by atoms with van der Waals surface area (Å²) < 4.78 is 0. The lowest BCUT2D eigenvalue weighted by Gasteiger charge is -2.31. The van der Waals surface area contributed by atoms with Crippen molar-refractivity contribution in [3.8, 4) is 0 Å². The normalized spacial score (nSPS) is 28.7. The van der Waals surface area contributed by atoms with Crippen molar-refractivity contribution in [3.63, 3.8) is 0 Å². The zero-order chi connectivity index (χ0) is 9.90. The molecule has 0 aliphatic heterocycles. The molecular formula is C12H22O. The zero-order valence-electron chi connectivity index (χ0n) is 8.92. The van der Waals surface area contributed by atoms with Crippen LogP contribution in [0.4, 0.5) is 0 Å². The smallest absolute Gasteiger partial charge is 0.0576 e. The molecule has 0 bridgehead atoms. The van der Waals surface area contributed by atoms with Crippen molar-refractivity contribution in [2.75, 3.05) is 0 Å². The van der Waals surface area contributed by atoms with E-state index in [4.69, 9.17) is 0 Å². The van der Waals surface area contributed by atoms with Crippen LogP contribution < -0.4 is 0 Å². The molecule has 0 saturated heterocycles. The van der Waals surface area contributed by atoms with E-state index < -0.39 is 0 Å². The third-order valence-corrected chi connectivity index (χ3v) is 3.47. The van der Waals surface area contributed by atoms with Crippen LogP contribution in [0.3, 0.4) is 0 Å². The quantitative estimate of drug-likeness (QED) is 0.662. The predicted octanol–water partition coefficient (Wildman–Crippen LogP) is 3.14. The summed E-state index contributed by atoms with van der Waals surface area (Å²) in [5.41, 5.74) is 0.348. The highest BCUT2D eigenvalue weighted by atomic mass is 16.3. The molecule has 2 unspecified atom stereocenters. The third kappa shape index (κ3) is 2.57. The molecule has 76 valence electrons. The molecule has 0 heterocycles. The van der Waals surface area contributed by atoms with E-state index in [9.17, 15) is 5.11 Å². The van der Waals surface area contributed by atoms with Crippen molar-refractivity contribution in [1.29, 1.82) is 0 Å². The van der Waals surface area contributed by atoms with Gasteiger partial charge in [-0.3, -0.25) is 0 Å². The molecular weight excluding hydrogens is 160 g/mol. The molecule has 0 aromatic heterocycles. The molecule has 1 rings (SSSR count). The van der Waals surface area contributed by atoms with Crippen LogP contribution >= 0.6 is 0 Å². The second kappa shape index (κ2) is 4.28. The van der Waals surface area contributed by atoms with E-state index in [-0.39, 0.29) is 6.10 Å². The Morgan fingerprint density at radius 3 is 2.77 bits per heavy atom. The summed E-state index contributed by atoms with van der Waals surface area (Å²) in [7, 11) is 0. The minimum atomic E-state index is -0.115. The molecule has 1 N–H and O–H groups in total. The largest absolute Gasteiger partial charge is 0.393 e. The molecule has 1 saturated carbocycles. The van der Waals surface area contributed by atoms with Gasteiger partial charge in [0.2, 0.25) is 0 Å². The molecule has 0 radical (unpaired) electrons. The Balaban J connectivity index is 2.45. The number of aliphatic hydroxyl groups excluding tert-OH is 1. The zero-order valence-corrected chi connectivity index (χ0v) is 8.92. The molecule has 13 heavy (non-hydrogen) atoms. The van der Waals surface area contributed by atoms with Crippen molar-refractivity contribution in [3.05, 3.63) is 12.7 Å². The van der Waals surface area contributed by atoms with Crippen molar-refractivity contribution < 1.29 is 5.11 Å². The second-order valence-electron chi connectivity index (χ2n) is 4.92. The molecule has 0 aromatic rings. The van der Waals surface area contributed by atoms with Crippen LogP contribution in [0, 0.1) is 11.3 Å². The van der Waals surface area contributed by atoms with Gasteiger partial charge >= 0.3 is 0 Å². The highest BCUT2D eigenvalue weighted by Crippen LogP contribution is 2.45. The summed E-state index contributed by atoms with van der Waals surface area (Å²) in [4.78, 5) is 0. The lowest BCUT2D eigenvalue weighted by Crippen LogP contribution is -2.29. The van der Waals surface area contributed by atoms with Gasteiger partial charge in [0.05, 0.1) is 6.10 Å². The molecule has 1 nitrogen and oxygen atoms in total. The van der Waals surface area contributed by atoms with Gasteiger partial charge in [0.1, 0.15) is 0 Å². The molecule has 1 fully saturated rings. The van der Waals surface area contributed by atoms with Gasteiger partial charge < -0.3 is 5.11 Å². The van der Waals surface area contributed by atoms with Crippen molar-refractivity contribution in [1.82, 2.24) is 0 Å². The second-order valence-corrected chi connectivity index (χ2v) is 4.92. The fourth-order valence-corrected chi connectivity index (χ4v) is 2.56. The Bertz CT molecular complexity index is 172. The first-order chi connectivity index (χ1) is 6.08. The molecule has 1 heteroatoms. The maximum Gasteiger partial charge on any atom is 0.0576 e. The average Bonchev–Trinajstić information content (AvgIpc) is 2.41. The van der Waals surface area contributed by atoms with E-state index in [0.29, 0.717) is 11.3 Å². The fraction of sp³-hybridized carbons (Fsp3) is 0.833. The van der Waals surface area contributed by atoms with E-state index in [1.54, 1.807) is 0 Å². The predicted molar refractivity (Wildman–Crippen MR) is 56.6 cm³/mol. The van der Waals surface area contributed by atoms with Crippen molar-refractivity contribution in [2.24, 2.45) is 11.3 Å². The lowest BCUT2D eigenvalue weighted by molar-refractivity contribution is 0.0483. The highest BCUT2D eigenvalue weighted by molar-refractivity contribution is 4.89. The lowest BCUT2D eigenvalue weighted by atomic mass is 9.77. The minimum absolute atomic E-state index is 0.115. The van der Waals surface area contributed by atoms with Crippen LogP contribution in [0.2, 0.25) is 0 Å². The maximum atomic E-state index is 9.97. The fourth-order valence-electron chi connectivity index (χ4n) is 2.56. The monoisotopic (exact) mass is 182 g/mol. The van der Waals surface area contributed by atoms with Gasteiger partial charge in [-0.05, 0) is 37.0 Å². The summed E-state index contributed by atoms with van der Waals surface area (Å²) in [6.07, 6.45) is 7.35. The first-order valence-electron chi connectivity index (χ1n) is 5.37. The van der Waals surface area contributed by atoms with Crippen molar-refractivity contribution in [2.45, 2.75) is 52.1 Å². The van der Waals surface area contributed by atoms with Crippen molar-refractivity contribution >= 4 is 0 Å². The standard InChI is InChI=1S/C12H22O/c1-4-5-8-11(13)10-7-6-9-12(10,2)3/h4,10-11,13H,1,5-9H2,2-3H3. The highest BCUT2D eigenvalue weighted by Gasteiger charge is 2.38. The van der Waals surface area contributed by atoms with E-state index in [1.165, 1.54) is 19.3 Å². The van der Waals surface area contributed by atoms with Crippen LogP contribution in [-0.2, 0) is 0 Å². The molecule has 0 aromatic carbocycles. The average molecular weight is 182 g/mol. The topological polar surface area (TPSA) is 20.2 Å². The number of hydrogen-bond donors (Lipinski definition) is 1. The maximum absolute atomic E-state index is 9.97. The molecule has 0 amide bonds. The summed E-state index contributed by atoms with van der Waals surface area (Å²) in [6, 6.07) is 0. The third-order valence-electron chi connectivity index (χ3n) is 3.47. The van der Waals surface area contributed by atoms with Crippen LogP contribution in [0.25, 0.3) is 0 Å². The Morgan fingerprint density at radius 1 is 1.62 bits per heavy atom. The van der Waals surface area contributed by atoms with Crippen LogP contribution in [0.1, 0.15) is 46.0 Å². The van der Waals surface area contributed by atoms with E-state index in [0.717, 1.165) is 12.8 Å². The summed E-state index contributed by atoms with van der Waals surface area (Å²) in [6.45, 7) is 8.24. The number of hydrogen-bond acceptors (Lipinski definition) is 1. The summed E-state index contributed by atoms with van der Waals surface area (Å²) in [5.74, 6) is 0.507. The summed E-state index contributed by atoms with van der Waals surface area (Å²) >= 11 is 0. The Labute approximate surface area is 81.9 Å². The van der Waals surface area contributed by atoms with Gasteiger partial charge in [-0.2, -0.15) is 0 Å². The molecule has 1 aliphatic carbocycles. The first-order valence-corrected chi connectivity index (χ1v) is 5.37. The molecule has 2 atom stereocenters. The van der Waals surface area contributed by atoms with Gasteiger partial charge in [0, 0.05) is 0 Å². The van der Waals surface area contributed by atoms with Crippen LogP contribution in [0.15, 0.2) is 12.7 Å². The molecule has 1 aliphatic rings. The number of rotatable bonds is 4. The van der Waals surface area contributed by atoms with Gasteiger partial charge in [-0.15, -0.1) is 6.58 Å². The number of aliphatic hydroxyl groups is 1. The van der Waals surface area contributed by atoms with E-state index in [1.807, 2.05) is 6.08 Å². The molecule has 0 spiro atoms. The van der Waals surface area contributed by atoms with Gasteiger partial charge in [0.15, 0.2) is 0 Å². The number of allylic oxidation sites excluding steroid dienone is 1. The van der Waals surface area contributed by atoms with Crippen LogP contribution in [0.5, 0.6) is 0 Å². The van der Waals surface area contributed by atoms with Crippen LogP contribution in [-0.4, -0.2) is 11.2 Å². The van der Waals surface area contributed by atoms with Gasteiger partial charge in [-0.1, -0.05) is 26.3 Å². The Hall–Kier alpha value is -0.300. The Kier molecular flexibility index (Phi) is 3.55. The van der Waals surface area contributed by atoms with E-state index in [2.05, 4.69) is 20.4 Å². The minimum Gasteiger partial charge on any atom is -0.393 e. The summed E-state index contributed by atoms with van der Waals surface area (Å²) in [5, 5.41) is 9.97. The Morgan fingerprint density at radius 2 is 2.31 bits per heavy atom. The van der Waals surface area contributed by atoms with Gasteiger partial charge in [-0.25, -0.2) is 0 Å². The first kappa shape index (κ1) is 10.8. The van der Waals surface area contributed by atoms with E-state index >= 15 is 0 Å². The SMILES string of the molecule is C=CCCC(O)C1CCCC1(C)C. The van der Waals surface area contributed by atoms with Gasteiger partial charge in [0.25, 0.3) is 0 Å².